The second-order valence-electron chi connectivity index (χ2n) is 5.43. The fourth-order valence-corrected chi connectivity index (χ4v) is 3.31. The highest BCUT2D eigenvalue weighted by molar-refractivity contribution is 7.13. The Morgan fingerprint density at radius 3 is 2.91 bits per heavy atom. The highest BCUT2D eigenvalue weighted by Crippen LogP contribution is 2.24. The van der Waals surface area contributed by atoms with Crippen LogP contribution in [0.5, 0.6) is 0 Å². The standard InChI is InChI=1S/C16H18ClN3O2S/c17-12-3-1-11(2-4-12)14-9-20(7-8-22-14)15(21)6-5-13-10-23-16(18)19-13/h1-4,10,14H,5-9H2,(H2,18,19)/t14-/m1/s1. The molecule has 122 valence electrons. The Hall–Kier alpha value is -1.63. The number of carbonyl (C=O) groups is 1. The summed E-state index contributed by atoms with van der Waals surface area (Å²) < 4.78 is 5.79. The number of rotatable bonds is 4. The van der Waals surface area contributed by atoms with Crippen LogP contribution in [0.2, 0.25) is 5.02 Å². The first-order valence-corrected chi connectivity index (χ1v) is 8.72. The molecule has 1 aromatic carbocycles. The molecular weight excluding hydrogens is 334 g/mol. The van der Waals surface area contributed by atoms with Gasteiger partial charge in [0.25, 0.3) is 0 Å². The third-order valence-corrected chi connectivity index (χ3v) is 4.80. The molecule has 3 rings (SSSR count). The van der Waals surface area contributed by atoms with E-state index in [4.69, 9.17) is 22.1 Å². The van der Waals surface area contributed by atoms with Gasteiger partial charge >= 0.3 is 0 Å². The number of anilines is 1. The van der Waals surface area contributed by atoms with Gasteiger partial charge in [-0.25, -0.2) is 4.98 Å². The minimum Gasteiger partial charge on any atom is -0.375 e. The van der Waals surface area contributed by atoms with Crippen molar-refractivity contribution in [2.75, 3.05) is 25.4 Å². The molecule has 1 atom stereocenters. The van der Waals surface area contributed by atoms with Crippen LogP contribution < -0.4 is 5.73 Å². The molecule has 0 radical (unpaired) electrons. The summed E-state index contributed by atoms with van der Waals surface area (Å²) in [5.74, 6) is 0.124. The number of hydrogen-bond donors (Lipinski definition) is 1. The number of nitrogens with two attached hydrogens (primary N) is 1. The summed E-state index contributed by atoms with van der Waals surface area (Å²) >= 11 is 7.31. The second kappa shape index (κ2) is 7.29. The molecule has 2 aromatic rings. The molecule has 0 bridgehead atoms. The summed E-state index contributed by atoms with van der Waals surface area (Å²) in [7, 11) is 0. The molecular formula is C16H18ClN3O2S. The molecule has 23 heavy (non-hydrogen) atoms. The number of carbonyl (C=O) groups excluding carboxylic acids is 1. The van der Waals surface area contributed by atoms with Gasteiger partial charge < -0.3 is 15.4 Å². The maximum absolute atomic E-state index is 12.4. The Bertz CT molecular complexity index is 674. The second-order valence-corrected chi connectivity index (χ2v) is 6.75. The van der Waals surface area contributed by atoms with Crippen LogP contribution in [0.25, 0.3) is 0 Å². The number of thiazole rings is 1. The fraction of sp³-hybridized carbons (Fsp3) is 0.375. The van der Waals surface area contributed by atoms with E-state index in [1.807, 2.05) is 34.5 Å². The first-order valence-electron chi connectivity index (χ1n) is 7.46. The minimum absolute atomic E-state index is 0.0973. The van der Waals surface area contributed by atoms with Crippen LogP contribution in [0.3, 0.4) is 0 Å². The Morgan fingerprint density at radius 1 is 1.43 bits per heavy atom. The summed E-state index contributed by atoms with van der Waals surface area (Å²) in [5.41, 5.74) is 7.53. The first kappa shape index (κ1) is 16.2. The van der Waals surface area contributed by atoms with Crippen LogP contribution in [0.4, 0.5) is 5.13 Å². The molecule has 5 nitrogen and oxygen atoms in total. The number of hydrogen-bond acceptors (Lipinski definition) is 5. The van der Waals surface area contributed by atoms with Gasteiger partial charge in [0.15, 0.2) is 5.13 Å². The summed E-state index contributed by atoms with van der Waals surface area (Å²) in [4.78, 5) is 18.4. The van der Waals surface area contributed by atoms with E-state index in [0.717, 1.165) is 11.3 Å². The van der Waals surface area contributed by atoms with E-state index in [1.165, 1.54) is 11.3 Å². The fourth-order valence-electron chi connectivity index (χ4n) is 2.59. The highest BCUT2D eigenvalue weighted by Gasteiger charge is 2.25. The van der Waals surface area contributed by atoms with Gasteiger partial charge in [-0.3, -0.25) is 4.79 Å². The van der Waals surface area contributed by atoms with Crippen molar-refractivity contribution in [3.05, 3.63) is 45.9 Å². The van der Waals surface area contributed by atoms with Gasteiger partial charge in [-0.2, -0.15) is 0 Å². The zero-order valence-electron chi connectivity index (χ0n) is 12.6. The normalized spacial score (nSPS) is 18.1. The van der Waals surface area contributed by atoms with Crippen LogP contribution >= 0.6 is 22.9 Å². The number of aryl methyl sites for hydroxylation is 1. The van der Waals surface area contributed by atoms with E-state index in [2.05, 4.69) is 4.98 Å². The van der Waals surface area contributed by atoms with Crippen molar-refractivity contribution >= 4 is 34.0 Å². The van der Waals surface area contributed by atoms with E-state index >= 15 is 0 Å². The topological polar surface area (TPSA) is 68.5 Å². The number of ether oxygens (including phenoxy) is 1. The van der Waals surface area contributed by atoms with E-state index in [0.29, 0.717) is 42.7 Å². The summed E-state index contributed by atoms with van der Waals surface area (Å²) in [6.07, 6.45) is 0.964. The number of benzene rings is 1. The third kappa shape index (κ3) is 4.22. The number of morpholine rings is 1. The molecule has 1 saturated heterocycles. The molecule has 0 saturated carbocycles. The van der Waals surface area contributed by atoms with Crippen molar-refractivity contribution in [1.82, 2.24) is 9.88 Å². The van der Waals surface area contributed by atoms with Gasteiger partial charge in [0.1, 0.15) is 6.10 Å². The quantitative estimate of drug-likeness (QED) is 0.919. The molecule has 0 aliphatic carbocycles. The molecule has 1 amide bonds. The summed E-state index contributed by atoms with van der Waals surface area (Å²) in [5, 5.41) is 3.14. The van der Waals surface area contributed by atoms with Crippen LogP contribution in [-0.2, 0) is 16.0 Å². The molecule has 2 N–H and O–H groups in total. The molecule has 1 aliphatic heterocycles. The molecule has 1 aromatic heterocycles. The lowest BCUT2D eigenvalue weighted by Crippen LogP contribution is -2.42. The average molecular weight is 352 g/mol. The van der Waals surface area contributed by atoms with E-state index in [9.17, 15) is 4.79 Å². The van der Waals surface area contributed by atoms with Gasteiger partial charge in [0, 0.05) is 23.4 Å². The Morgan fingerprint density at radius 2 is 2.22 bits per heavy atom. The SMILES string of the molecule is Nc1nc(CCC(=O)N2CCO[C@@H](c3ccc(Cl)cc3)C2)cs1. The molecule has 0 unspecified atom stereocenters. The number of amides is 1. The smallest absolute Gasteiger partial charge is 0.223 e. The predicted molar refractivity (Wildman–Crippen MR) is 91.6 cm³/mol. The molecule has 1 aliphatic rings. The Balaban J connectivity index is 1.57. The van der Waals surface area contributed by atoms with Crippen molar-refractivity contribution in [3.8, 4) is 0 Å². The van der Waals surface area contributed by atoms with Crippen LogP contribution in [0.1, 0.15) is 23.8 Å². The maximum Gasteiger partial charge on any atom is 0.223 e. The zero-order chi connectivity index (χ0) is 16.2. The summed E-state index contributed by atoms with van der Waals surface area (Å²) in [6.45, 7) is 1.74. The molecule has 2 heterocycles. The van der Waals surface area contributed by atoms with Crippen LogP contribution in [0, 0.1) is 0 Å². The minimum atomic E-state index is -0.0973. The highest BCUT2D eigenvalue weighted by atomic mass is 35.5. The maximum atomic E-state index is 12.4. The molecule has 0 spiro atoms. The third-order valence-electron chi connectivity index (χ3n) is 3.83. The van der Waals surface area contributed by atoms with Gasteiger partial charge in [0.05, 0.1) is 18.8 Å². The van der Waals surface area contributed by atoms with Crippen molar-refractivity contribution in [1.29, 1.82) is 0 Å². The number of nitrogens with zero attached hydrogens (tertiary/aromatic N) is 2. The molecule has 7 heteroatoms. The monoisotopic (exact) mass is 351 g/mol. The van der Waals surface area contributed by atoms with Gasteiger partial charge in [-0.15, -0.1) is 11.3 Å². The Kier molecular flexibility index (Phi) is 5.15. The van der Waals surface area contributed by atoms with E-state index in [-0.39, 0.29) is 12.0 Å². The van der Waals surface area contributed by atoms with E-state index in [1.54, 1.807) is 0 Å². The van der Waals surface area contributed by atoms with Crippen molar-refractivity contribution in [2.24, 2.45) is 0 Å². The number of nitrogen functional groups attached to an aromatic ring is 1. The number of halogens is 1. The van der Waals surface area contributed by atoms with Crippen molar-refractivity contribution in [3.63, 3.8) is 0 Å². The largest absolute Gasteiger partial charge is 0.375 e. The van der Waals surface area contributed by atoms with Crippen LogP contribution in [0.15, 0.2) is 29.6 Å². The van der Waals surface area contributed by atoms with E-state index < -0.39 is 0 Å². The predicted octanol–water partition coefficient (Wildman–Crippen LogP) is 2.91. The summed E-state index contributed by atoms with van der Waals surface area (Å²) in [6, 6.07) is 7.57. The lowest BCUT2D eigenvalue weighted by atomic mass is 10.1. The lowest BCUT2D eigenvalue weighted by molar-refractivity contribution is -0.139. The van der Waals surface area contributed by atoms with Crippen molar-refractivity contribution in [2.45, 2.75) is 18.9 Å². The van der Waals surface area contributed by atoms with Gasteiger partial charge in [-0.1, -0.05) is 23.7 Å². The van der Waals surface area contributed by atoms with Crippen molar-refractivity contribution < 1.29 is 9.53 Å². The van der Waals surface area contributed by atoms with Gasteiger partial charge in [0.2, 0.25) is 5.91 Å². The van der Waals surface area contributed by atoms with Gasteiger partial charge in [-0.05, 0) is 24.1 Å². The first-order chi connectivity index (χ1) is 11.1. The number of aromatic nitrogens is 1. The average Bonchev–Trinajstić information content (AvgIpc) is 2.99. The molecule has 1 fully saturated rings. The Labute approximate surface area is 144 Å². The van der Waals surface area contributed by atoms with Crippen LogP contribution in [-0.4, -0.2) is 35.5 Å². The zero-order valence-corrected chi connectivity index (χ0v) is 14.1. The lowest BCUT2D eigenvalue weighted by Gasteiger charge is -2.33.